The Hall–Kier alpha value is -2.78. The van der Waals surface area contributed by atoms with Crippen LogP contribution in [0.25, 0.3) is 0 Å². The minimum atomic E-state index is -3.78. The van der Waals surface area contributed by atoms with E-state index in [2.05, 4.69) is 4.72 Å². The Morgan fingerprint density at radius 1 is 1.00 bits per heavy atom. The summed E-state index contributed by atoms with van der Waals surface area (Å²) in [5.41, 5.74) is 0.120. The van der Waals surface area contributed by atoms with E-state index in [0.717, 1.165) is 25.0 Å². The van der Waals surface area contributed by atoms with Crippen molar-refractivity contribution in [3.8, 4) is 17.2 Å². The van der Waals surface area contributed by atoms with Gasteiger partial charge in [-0.1, -0.05) is 6.92 Å². The first-order valence-electron chi connectivity index (χ1n) is 10.2. The van der Waals surface area contributed by atoms with E-state index in [1.807, 2.05) is 19.1 Å². The van der Waals surface area contributed by atoms with Gasteiger partial charge in [-0.3, -0.25) is 0 Å². The molecule has 0 amide bonds. The van der Waals surface area contributed by atoms with Crippen molar-refractivity contribution in [3.05, 3.63) is 48.0 Å². The van der Waals surface area contributed by atoms with Crippen LogP contribution in [0.5, 0.6) is 17.2 Å². The first-order chi connectivity index (χ1) is 14.9. The second-order valence-electron chi connectivity index (χ2n) is 7.07. The maximum atomic E-state index is 12.6. The van der Waals surface area contributed by atoms with E-state index in [-0.39, 0.29) is 35.5 Å². The summed E-state index contributed by atoms with van der Waals surface area (Å²) in [6.07, 6.45) is 2.54. The third-order valence-corrected chi connectivity index (χ3v) is 6.01. The van der Waals surface area contributed by atoms with Gasteiger partial charge in [0.05, 0.1) is 19.3 Å². The Morgan fingerprint density at radius 3 is 2.23 bits per heavy atom. The Morgan fingerprint density at radius 2 is 1.65 bits per heavy atom. The standard InChI is InChI=1S/C22H27NO7S/c1-3-12-28-18-7-9-19(10-8-18)29-13-14-30-22(24)16-4-11-20(27-2)21(15-16)31(25,26)23-17-5-6-17/h4,7-11,15,17,23H,3,5-6,12-14H2,1-2H3. The third-order valence-electron chi connectivity index (χ3n) is 4.47. The van der Waals surface area contributed by atoms with Crippen LogP contribution in [0, 0.1) is 0 Å². The molecule has 9 heteroatoms. The average Bonchev–Trinajstić information content (AvgIpc) is 3.58. The average molecular weight is 450 g/mol. The molecule has 0 radical (unpaired) electrons. The van der Waals surface area contributed by atoms with Crippen LogP contribution in [0.3, 0.4) is 0 Å². The van der Waals surface area contributed by atoms with Crippen LogP contribution in [0.4, 0.5) is 0 Å². The minimum absolute atomic E-state index is 0.0152. The topological polar surface area (TPSA) is 100 Å². The zero-order valence-electron chi connectivity index (χ0n) is 17.6. The maximum absolute atomic E-state index is 12.6. The monoisotopic (exact) mass is 449 g/mol. The molecule has 0 spiro atoms. The van der Waals surface area contributed by atoms with Crippen molar-refractivity contribution in [3.63, 3.8) is 0 Å². The molecule has 0 aliphatic heterocycles. The molecule has 3 rings (SSSR count). The zero-order valence-corrected chi connectivity index (χ0v) is 18.4. The third kappa shape index (κ3) is 6.60. The van der Waals surface area contributed by atoms with Gasteiger partial charge in [-0.25, -0.2) is 17.9 Å². The molecule has 0 aromatic heterocycles. The fourth-order valence-corrected chi connectivity index (χ4v) is 4.23. The number of hydrogen-bond acceptors (Lipinski definition) is 7. The molecule has 1 aliphatic carbocycles. The molecule has 0 saturated heterocycles. The van der Waals surface area contributed by atoms with Gasteiger partial charge in [-0.05, 0) is 61.7 Å². The summed E-state index contributed by atoms with van der Waals surface area (Å²) in [6.45, 7) is 2.86. The van der Waals surface area contributed by atoms with E-state index >= 15 is 0 Å². The second-order valence-corrected chi connectivity index (χ2v) is 8.75. The number of nitrogens with one attached hydrogen (secondary N) is 1. The van der Waals surface area contributed by atoms with Crippen molar-refractivity contribution in [2.45, 2.75) is 37.1 Å². The van der Waals surface area contributed by atoms with Gasteiger partial charge in [0.2, 0.25) is 10.0 Å². The zero-order chi connectivity index (χ0) is 22.3. The fraction of sp³-hybridized carbons (Fsp3) is 0.409. The molecule has 31 heavy (non-hydrogen) atoms. The van der Waals surface area contributed by atoms with Crippen LogP contribution >= 0.6 is 0 Å². The van der Waals surface area contributed by atoms with Gasteiger partial charge >= 0.3 is 5.97 Å². The molecular weight excluding hydrogens is 422 g/mol. The quantitative estimate of drug-likeness (QED) is 0.392. The lowest BCUT2D eigenvalue weighted by molar-refractivity contribution is 0.0450. The lowest BCUT2D eigenvalue weighted by Gasteiger charge is -2.12. The maximum Gasteiger partial charge on any atom is 0.338 e. The van der Waals surface area contributed by atoms with Crippen LogP contribution in [0.15, 0.2) is 47.4 Å². The van der Waals surface area contributed by atoms with Crippen molar-refractivity contribution in [1.82, 2.24) is 4.72 Å². The van der Waals surface area contributed by atoms with Crippen LogP contribution < -0.4 is 18.9 Å². The molecule has 168 valence electrons. The summed E-state index contributed by atoms with van der Waals surface area (Å²) in [5, 5.41) is 0. The smallest absolute Gasteiger partial charge is 0.338 e. The number of methoxy groups -OCH3 is 1. The number of ether oxygens (including phenoxy) is 4. The van der Waals surface area contributed by atoms with E-state index in [4.69, 9.17) is 18.9 Å². The summed E-state index contributed by atoms with van der Waals surface area (Å²) in [5.74, 6) is 0.919. The molecule has 0 atom stereocenters. The highest BCUT2D eigenvalue weighted by molar-refractivity contribution is 7.89. The van der Waals surface area contributed by atoms with Crippen molar-refractivity contribution in [2.24, 2.45) is 0 Å². The predicted molar refractivity (Wildman–Crippen MR) is 114 cm³/mol. The summed E-state index contributed by atoms with van der Waals surface area (Å²) < 4.78 is 49.1. The molecular formula is C22H27NO7S. The number of esters is 1. The Kier molecular flexibility index (Phi) is 7.75. The Labute approximate surface area is 182 Å². The molecule has 0 heterocycles. The molecule has 1 fully saturated rings. The van der Waals surface area contributed by atoms with Crippen LogP contribution in [-0.4, -0.2) is 47.4 Å². The van der Waals surface area contributed by atoms with E-state index in [0.29, 0.717) is 12.4 Å². The Bertz CT molecular complexity index is 985. The van der Waals surface area contributed by atoms with Gasteiger partial charge in [-0.2, -0.15) is 0 Å². The van der Waals surface area contributed by atoms with E-state index in [1.54, 1.807) is 12.1 Å². The minimum Gasteiger partial charge on any atom is -0.495 e. The normalized spacial score (nSPS) is 13.5. The van der Waals surface area contributed by atoms with Gasteiger partial charge in [0.15, 0.2) is 0 Å². The first-order valence-corrected chi connectivity index (χ1v) is 11.6. The lowest BCUT2D eigenvalue weighted by Crippen LogP contribution is -2.26. The highest BCUT2D eigenvalue weighted by Gasteiger charge is 2.30. The van der Waals surface area contributed by atoms with Crippen molar-refractivity contribution >= 4 is 16.0 Å². The number of carbonyl (C=O) groups is 1. The molecule has 0 unspecified atom stereocenters. The molecule has 8 nitrogen and oxygen atoms in total. The van der Waals surface area contributed by atoms with Crippen LogP contribution in [-0.2, 0) is 14.8 Å². The number of sulfonamides is 1. The summed E-state index contributed by atoms with van der Waals surface area (Å²) in [7, 11) is -2.41. The van der Waals surface area contributed by atoms with Crippen molar-refractivity contribution in [1.29, 1.82) is 0 Å². The van der Waals surface area contributed by atoms with Crippen LogP contribution in [0.2, 0.25) is 0 Å². The molecule has 0 bridgehead atoms. The number of carbonyl (C=O) groups excluding carboxylic acids is 1. The fourth-order valence-electron chi connectivity index (χ4n) is 2.73. The first kappa shape index (κ1) is 22.9. The van der Waals surface area contributed by atoms with E-state index in [9.17, 15) is 13.2 Å². The van der Waals surface area contributed by atoms with Crippen molar-refractivity contribution < 1.29 is 32.2 Å². The van der Waals surface area contributed by atoms with E-state index < -0.39 is 16.0 Å². The molecule has 1 N–H and O–H groups in total. The molecule has 2 aromatic rings. The highest BCUT2D eigenvalue weighted by atomic mass is 32.2. The van der Waals surface area contributed by atoms with Crippen LogP contribution in [0.1, 0.15) is 36.5 Å². The van der Waals surface area contributed by atoms with Crippen molar-refractivity contribution in [2.75, 3.05) is 26.9 Å². The number of rotatable bonds is 12. The highest BCUT2D eigenvalue weighted by Crippen LogP contribution is 2.28. The summed E-state index contributed by atoms with van der Waals surface area (Å²) >= 11 is 0. The van der Waals surface area contributed by atoms with Gasteiger partial charge in [-0.15, -0.1) is 0 Å². The molecule has 1 saturated carbocycles. The van der Waals surface area contributed by atoms with E-state index in [1.165, 1.54) is 25.3 Å². The van der Waals surface area contributed by atoms with Gasteiger partial charge in [0.1, 0.15) is 35.4 Å². The predicted octanol–water partition coefficient (Wildman–Crippen LogP) is 3.16. The summed E-state index contributed by atoms with van der Waals surface area (Å²) in [4.78, 5) is 12.3. The Balaban J connectivity index is 1.53. The SMILES string of the molecule is CCCOc1ccc(OCCOC(=O)c2ccc(OC)c(S(=O)(=O)NC3CC3)c2)cc1. The largest absolute Gasteiger partial charge is 0.495 e. The molecule has 2 aromatic carbocycles. The molecule has 1 aliphatic rings. The second kappa shape index (κ2) is 10.5. The number of benzene rings is 2. The number of hydrogen-bond donors (Lipinski definition) is 1. The lowest BCUT2D eigenvalue weighted by atomic mass is 10.2. The summed E-state index contributed by atoms with van der Waals surface area (Å²) in [6, 6.07) is 11.3. The van der Waals surface area contributed by atoms with Gasteiger partial charge in [0, 0.05) is 6.04 Å². The van der Waals surface area contributed by atoms with Gasteiger partial charge < -0.3 is 18.9 Å². The van der Waals surface area contributed by atoms with Gasteiger partial charge in [0.25, 0.3) is 0 Å².